The van der Waals surface area contributed by atoms with Gasteiger partial charge >= 0.3 is 0 Å². The van der Waals surface area contributed by atoms with Crippen LogP contribution in [0.3, 0.4) is 0 Å². The summed E-state index contributed by atoms with van der Waals surface area (Å²) in [6, 6.07) is 3.61. The van der Waals surface area contributed by atoms with Crippen molar-refractivity contribution in [3.63, 3.8) is 0 Å². The number of hydrogen-bond donors (Lipinski definition) is 1. The second-order valence-corrected chi connectivity index (χ2v) is 3.45. The first-order valence-electron chi connectivity index (χ1n) is 4.97. The summed E-state index contributed by atoms with van der Waals surface area (Å²) in [5.41, 5.74) is 1.67. The monoisotopic (exact) mass is 219 g/mol. The van der Waals surface area contributed by atoms with Crippen molar-refractivity contribution in [3.8, 4) is 11.5 Å². The fraction of sp³-hybridized carbons (Fsp3) is 0.250. The summed E-state index contributed by atoms with van der Waals surface area (Å²) >= 11 is 0. The van der Waals surface area contributed by atoms with E-state index in [1.807, 2.05) is 18.2 Å². The van der Waals surface area contributed by atoms with Crippen molar-refractivity contribution < 1.29 is 14.3 Å². The second kappa shape index (κ2) is 4.26. The van der Waals surface area contributed by atoms with E-state index in [0.717, 1.165) is 11.3 Å². The molecule has 0 radical (unpaired) electrons. The molecule has 1 aromatic carbocycles. The number of nitrogens with one attached hydrogen (secondary N) is 1. The van der Waals surface area contributed by atoms with Crippen LogP contribution in [0.25, 0.3) is 6.08 Å². The number of fused-ring (bicyclic) bond motifs is 1. The van der Waals surface area contributed by atoms with E-state index in [9.17, 15) is 4.79 Å². The van der Waals surface area contributed by atoms with Crippen LogP contribution >= 0.6 is 0 Å². The molecule has 0 spiro atoms. The lowest BCUT2D eigenvalue weighted by molar-refractivity contribution is -0.115. The molecule has 0 fully saturated rings. The summed E-state index contributed by atoms with van der Waals surface area (Å²) in [5, 5.41) is 2.81. The number of anilines is 1. The summed E-state index contributed by atoms with van der Waals surface area (Å²) in [6.07, 6.45) is 4.11. The molecule has 2 rings (SSSR count). The summed E-state index contributed by atoms with van der Waals surface area (Å²) in [5.74, 6) is 1.24. The van der Waals surface area contributed by atoms with Gasteiger partial charge in [0, 0.05) is 18.1 Å². The first-order valence-corrected chi connectivity index (χ1v) is 4.97. The van der Waals surface area contributed by atoms with Crippen LogP contribution in [0.15, 0.2) is 18.2 Å². The van der Waals surface area contributed by atoms with Crippen LogP contribution in [0, 0.1) is 0 Å². The molecule has 1 amide bonds. The van der Waals surface area contributed by atoms with Gasteiger partial charge in [-0.2, -0.15) is 0 Å². The zero-order valence-corrected chi connectivity index (χ0v) is 9.24. The Morgan fingerprint density at radius 1 is 1.19 bits per heavy atom. The van der Waals surface area contributed by atoms with Crippen molar-refractivity contribution in [2.75, 3.05) is 19.5 Å². The van der Waals surface area contributed by atoms with Gasteiger partial charge in [-0.1, -0.05) is 12.2 Å². The van der Waals surface area contributed by atoms with Gasteiger partial charge in [0.1, 0.15) is 0 Å². The van der Waals surface area contributed by atoms with Gasteiger partial charge in [0.25, 0.3) is 0 Å². The molecule has 0 aliphatic carbocycles. The largest absolute Gasteiger partial charge is 0.493 e. The molecular weight excluding hydrogens is 206 g/mol. The average molecular weight is 219 g/mol. The third kappa shape index (κ3) is 1.86. The van der Waals surface area contributed by atoms with E-state index in [1.54, 1.807) is 20.3 Å². The number of hydrogen-bond acceptors (Lipinski definition) is 3. The number of methoxy groups -OCH3 is 2. The fourth-order valence-electron chi connectivity index (χ4n) is 1.64. The maximum absolute atomic E-state index is 11.4. The third-order valence-corrected chi connectivity index (χ3v) is 2.43. The highest BCUT2D eigenvalue weighted by atomic mass is 16.5. The Kier molecular flexibility index (Phi) is 2.81. The zero-order chi connectivity index (χ0) is 11.5. The summed E-state index contributed by atoms with van der Waals surface area (Å²) in [6.45, 7) is 0. The van der Waals surface area contributed by atoms with Crippen molar-refractivity contribution in [2.45, 2.75) is 6.42 Å². The molecule has 0 saturated heterocycles. The number of ether oxygens (including phenoxy) is 2. The highest BCUT2D eigenvalue weighted by Gasteiger charge is 2.13. The number of benzene rings is 1. The topological polar surface area (TPSA) is 47.6 Å². The molecule has 4 nitrogen and oxygen atoms in total. The van der Waals surface area contributed by atoms with Crippen molar-refractivity contribution in [1.29, 1.82) is 0 Å². The van der Waals surface area contributed by atoms with Crippen LogP contribution in [0.4, 0.5) is 5.69 Å². The summed E-state index contributed by atoms with van der Waals surface area (Å²) in [7, 11) is 3.15. The molecule has 1 aliphatic rings. The van der Waals surface area contributed by atoms with Crippen LogP contribution in [0.1, 0.15) is 12.0 Å². The van der Waals surface area contributed by atoms with Gasteiger partial charge in [0.15, 0.2) is 11.5 Å². The molecule has 84 valence electrons. The predicted molar refractivity (Wildman–Crippen MR) is 61.8 cm³/mol. The predicted octanol–water partition coefficient (Wildman–Crippen LogP) is 2.06. The minimum absolute atomic E-state index is 0.0257. The molecule has 1 heterocycles. The highest BCUT2D eigenvalue weighted by Crippen LogP contribution is 2.34. The smallest absolute Gasteiger partial charge is 0.228 e. The molecule has 1 aliphatic heterocycles. The highest BCUT2D eigenvalue weighted by molar-refractivity contribution is 5.96. The molecule has 16 heavy (non-hydrogen) atoms. The normalized spacial score (nSPS) is 13.8. The second-order valence-electron chi connectivity index (χ2n) is 3.45. The third-order valence-electron chi connectivity index (χ3n) is 2.43. The maximum Gasteiger partial charge on any atom is 0.228 e. The van der Waals surface area contributed by atoms with Crippen LogP contribution in [0.5, 0.6) is 11.5 Å². The number of carbonyl (C=O) groups excluding carboxylic acids is 1. The van der Waals surface area contributed by atoms with Crippen molar-refractivity contribution >= 4 is 17.7 Å². The maximum atomic E-state index is 11.4. The fourth-order valence-corrected chi connectivity index (χ4v) is 1.64. The van der Waals surface area contributed by atoms with E-state index < -0.39 is 0 Å². The molecule has 1 N–H and O–H groups in total. The van der Waals surface area contributed by atoms with Gasteiger partial charge in [-0.3, -0.25) is 4.79 Å². The molecule has 1 aromatic rings. The van der Waals surface area contributed by atoms with Crippen molar-refractivity contribution in [2.24, 2.45) is 0 Å². The van der Waals surface area contributed by atoms with Gasteiger partial charge < -0.3 is 14.8 Å². The number of amides is 1. The van der Waals surface area contributed by atoms with E-state index in [0.29, 0.717) is 17.9 Å². The van der Waals surface area contributed by atoms with E-state index in [4.69, 9.17) is 9.47 Å². The molecule has 0 unspecified atom stereocenters. The van der Waals surface area contributed by atoms with Crippen molar-refractivity contribution in [3.05, 3.63) is 23.8 Å². The lowest BCUT2D eigenvalue weighted by Crippen LogP contribution is -2.09. The Hall–Kier alpha value is -1.97. The quantitative estimate of drug-likeness (QED) is 0.828. The number of carbonyl (C=O) groups is 1. The average Bonchev–Trinajstić information content (AvgIpc) is 2.47. The van der Waals surface area contributed by atoms with E-state index in [1.165, 1.54) is 0 Å². The molecule has 0 atom stereocenters. The van der Waals surface area contributed by atoms with E-state index in [2.05, 4.69) is 5.32 Å². The Morgan fingerprint density at radius 3 is 2.56 bits per heavy atom. The Balaban J connectivity index is 2.51. The van der Waals surface area contributed by atoms with E-state index in [-0.39, 0.29) is 5.91 Å². The summed E-state index contributed by atoms with van der Waals surface area (Å²) < 4.78 is 10.4. The molecule has 0 aromatic heterocycles. The van der Waals surface area contributed by atoms with Gasteiger partial charge in [-0.15, -0.1) is 0 Å². The van der Waals surface area contributed by atoms with Crippen LogP contribution in [-0.2, 0) is 4.79 Å². The zero-order valence-electron chi connectivity index (χ0n) is 9.24. The lowest BCUT2D eigenvalue weighted by atomic mass is 10.1. The number of rotatable bonds is 2. The van der Waals surface area contributed by atoms with Gasteiger partial charge in [0.05, 0.1) is 19.9 Å². The van der Waals surface area contributed by atoms with Gasteiger partial charge in [0.2, 0.25) is 5.91 Å². The lowest BCUT2D eigenvalue weighted by Gasteiger charge is -2.12. The molecule has 4 heteroatoms. The van der Waals surface area contributed by atoms with Crippen LogP contribution < -0.4 is 14.8 Å². The van der Waals surface area contributed by atoms with E-state index >= 15 is 0 Å². The first-order chi connectivity index (χ1) is 7.74. The first kappa shape index (κ1) is 10.5. The Bertz CT molecular complexity index is 452. The van der Waals surface area contributed by atoms with Gasteiger partial charge in [-0.25, -0.2) is 0 Å². The van der Waals surface area contributed by atoms with Gasteiger partial charge in [-0.05, 0) is 6.07 Å². The van der Waals surface area contributed by atoms with Crippen molar-refractivity contribution in [1.82, 2.24) is 0 Å². The minimum atomic E-state index is -0.0257. The molecule has 0 bridgehead atoms. The van der Waals surface area contributed by atoms with Crippen LogP contribution in [-0.4, -0.2) is 20.1 Å². The minimum Gasteiger partial charge on any atom is -0.493 e. The standard InChI is InChI=1S/C12H13NO3/c1-15-10-6-8-4-3-5-12(14)13-9(8)7-11(10)16-2/h3-4,6-7H,5H2,1-2H3,(H,13,14). The van der Waals surface area contributed by atoms with Crippen LogP contribution in [0.2, 0.25) is 0 Å². The summed E-state index contributed by atoms with van der Waals surface area (Å²) in [4.78, 5) is 11.4. The Morgan fingerprint density at radius 2 is 1.88 bits per heavy atom. The molecular formula is C12H13NO3. The SMILES string of the molecule is COc1cc2c(cc1OC)NC(=O)CC=C2. The Labute approximate surface area is 93.9 Å². The molecule has 0 saturated carbocycles.